The van der Waals surface area contributed by atoms with Gasteiger partial charge in [-0.2, -0.15) is 0 Å². The third-order valence-corrected chi connectivity index (χ3v) is 6.10. The van der Waals surface area contributed by atoms with Gasteiger partial charge in [-0.05, 0) is 31.5 Å². The van der Waals surface area contributed by atoms with Crippen molar-refractivity contribution in [2.45, 2.75) is 18.9 Å². The number of carbonyl (C=O) groups is 1. The molecule has 2 aliphatic heterocycles. The molecule has 21 heavy (non-hydrogen) atoms. The first-order chi connectivity index (χ1) is 9.81. The van der Waals surface area contributed by atoms with E-state index >= 15 is 0 Å². The summed E-state index contributed by atoms with van der Waals surface area (Å²) < 4.78 is 33.9. The Hall–Kier alpha value is -1.76. The topological polar surface area (TPSA) is 72.9 Å². The van der Waals surface area contributed by atoms with Gasteiger partial charge in [0.05, 0.1) is 17.0 Å². The van der Waals surface area contributed by atoms with Crippen LogP contribution in [0.15, 0.2) is 18.2 Å². The van der Waals surface area contributed by atoms with Crippen molar-refractivity contribution in [3.05, 3.63) is 23.8 Å². The SMILES string of the molecule is CN(C(=O)c1ccc2c(c1)OCO2)[C@@]1(C)CCS(=O)(=O)C1. The minimum Gasteiger partial charge on any atom is -0.454 e. The van der Waals surface area contributed by atoms with Crippen LogP contribution in [0.3, 0.4) is 0 Å². The number of amides is 1. The summed E-state index contributed by atoms with van der Waals surface area (Å²) in [5.74, 6) is 1.07. The van der Waals surface area contributed by atoms with E-state index in [1.54, 1.807) is 25.2 Å². The van der Waals surface area contributed by atoms with Crippen molar-refractivity contribution in [3.8, 4) is 11.5 Å². The van der Waals surface area contributed by atoms with Gasteiger partial charge in [0.15, 0.2) is 21.3 Å². The molecular formula is C14H17NO5S. The first-order valence-corrected chi connectivity index (χ1v) is 8.51. The molecule has 0 saturated carbocycles. The van der Waals surface area contributed by atoms with Crippen LogP contribution < -0.4 is 9.47 Å². The highest BCUT2D eigenvalue weighted by atomic mass is 32.2. The summed E-state index contributed by atoms with van der Waals surface area (Å²) in [7, 11) is -1.42. The molecule has 2 heterocycles. The largest absolute Gasteiger partial charge is 0.454 e. The number of rotatable bonds is 2. The van der Waals surface area contributed by atoms with Crippen LogP contribution in [0.1, 0.15) is 23.7 Å². The van der Waals surface area contributed by atoms with Gasteiger partial charge in [-0.15, -0.1) is 0 Å². The molecule has 7 heteroatoms. The van der Waals surface area contributed by atoms with E-state index < -0.39 is 15.4 Å². The fourth-order valence-electron chi connectivity index (χ4n) is 2.73. The second-order valence-electron chi connectivity index (χ2n) is 5.77. The van der Waals surface area contributed by atoms with Crippen LogP contribution in [0.25, 0.3) is 0 Å². The van der Waals surface area contributed by atoms with Gasteiger partial charge in [-0.3, -0.25) is 4.79 Å². The summed E-state index contributed by atoms with van der Waals surface area (Å²) in [6.45, 7) is 1.96. The van der Waals surface area contributed by atoms with Gasteiger partial charge in [0.25, 0.3) is 5.91 Å². The molecule has 1 fully saturated rings. The number of hydrogen-bond acceptors (Lipinski definition) is 5. The highest BCUT2D eigenvalue weighted by molar-refractivity contribution is 7.91. The van der Waals surface area contributed by atoms with Crippen LogP contribution in [0.4, 0.5) is 0 Å². The highest BCUT2D eigenvalue weighted by Crippen LogP contribution is 2.34. The van der Waals surface area contributed by atoms with Gasteiger partial charge in [-0.25, -0.2) is 8.42 Å². The molecule has 3 rings (SSSR count). The lowest BCUT2D eigenvalue weighted by Crippen LogP contribution is -2.48. The van der Waals surface area contributed by atoms with Gasteiger partial charge in [0.2, 0.25) is 6.79 Å². The lowest BCUT2D eigenvalue weighted by molar-refractivity contribution is 0.0638. The average Bonchev–Trinajstić information content (AvgIpc) is 3.01. The number of benzene rings is 1. The second-order valence-corrected chi connectivity index (χ2v) is 7.96. The minimum absolute atomic E-state index is 0.00674. The van der Waals surface area contributed by atoms with Gasteiger partial charge in [0.1, 0.15) is 0 Å². The Bertz CT molecular complexity index is 699. The summed E-state index contributed by atoms with van der Waals surface area (Å²) in [5, 5.41) is 0. The maximum atomic E-state index is 12.6. The van der Waals surface area contributed by atoms with Gasteiger partial charge in [0, 0.05) is 12.6 Å². The number of sulfone groups is 1. The van der Waals surface area contributed by atoms with Crippen molar-refractivity contribution < 1.29 is 22.7 Å². The average molecular weight is 311 g/mol. The number of carbonyl (C=O) groups excluding carboxylic acids is 1. The van der Waals surface area contributed by atoms with E-state index in [1.807, 2.05) is 6.92 Å². The van der Waals surface area contributed by atoms with E-state index in [0.29, 0.717) is 23.5 Å². The molecule has 0 radical (unpaired) electrons. The zero-order valence-electron chi connectivity index (χ0n) is 12.0. The van der Waals surface area contributed by atoms with Crippen LogP contribution in [-0.4, -0.2) is 50.1 Å². The quantitative estimate of drug-likeness (QED) is 0.817. The molecule has 1 atom stereocenters. The van der Waals surface area contributed by atoms with Crippen molar-refractivity contribution in [2.24, 2.45) is 0 Å². The highest BCUT2D eigenvalue weighted by Gasteiger charge is 2.43. The Kier molecular flexibility index (Phi) is 3.12. The van der Waals surface area contributed by atoms with Crippen molar-refractivity contribution in [2.75, 3.05) is 25.3 Å². The number of hydrogen-bond donors (Lipinski definition) is 0. The molecule has 0 aromatic heterocycles. The summed E-state index contributed by atoms with van der Waals surface area (Å²) in [5.41, 5.74) is -0.195. The van der Waals surface area contributed by atoms with E-state index in [-0.39, 0.29) is 24.2 Å². The first-order valence-electron chi connectivity index (χ1n) is 6.69. The van der Waals surface area contributed by atoms with Crippen LogP contribution in [0.2, 0.25) is 0 Å². The van der Waals surface area contributed by atoms with E-state index in [1.165, 1.54) is 4.90 Å². The fourth-order valence-corrected chi connectivity index (χ4v) is 4.91. The van der Waals surface area contributed by atoms with Gasteiger partial charge < -0.3 is 14.4 Å². The molecule has 2 aliphatic rings. The molecule has 0 aliphatic carbocycles. The third kappa shape index (κ3) is 2.46. The Balaban J connectivity index is 1.85. The smallest absolute Gasteiger partial charge is 0.254 e. The fraction of sp³-hybridized carbons (Fsp3) is 0.500. The summed E-state index contributed by atoms with van der Waals surface area (Å²) in [6.07, 6.45) is 0.460. The Labute approximate surface area is 123 Å². The van der Waals surface area contributed by atoms with Crippen LogP contribution in [0.5, 0.6) is 11.5 Å². The van der Waals surface area contributed by atoms with Crippen molar-refractivity contribution >= 4 is 15.7 Å². The predicted octanol–water partition coefficient (Wildman–Crippen LogP) is 1.06. The van der Waals surface area contributed by atoms with E-state index in [9.17, 15) is 13.2 Å². The minimum atomic E-state index is -3.06. The van der Waals surface area contributed by atoms with E-state index in [0.717, 1.165) is 0 Å². The molecule has 0 spiro atoms. The van der Waals surface area contributed by atoms with Crippen LogP contribution >= 0.6 is 0 Å². The maximum Gasteiger partial charge on any atom is 0.254 e. The van der Waals surface area contributed by atoms with E-state index in [4.69, 9.17) is 9.47 Å². The van der Waals surface area contributed by atoms with Crippen LogP contribution in [0, 0.1) is 0 Å². The van der Waals surface area contributed by atoms with Crippen molar-refractivity contribution in [1.82, 2.24) is 4.90 Å². The zero-order chi connectivity index (χ0) is 15.3. The second kappa shape index (κ2) is 4.62. The first kappa shape index (κ1) is 14.2. The standard InChI is InChI=1S/C14H17NO5S/c1-14(5-6-21(17,18)8-14)15(2)13(16)10-3-4-11-12(7-10)20-9-19-11/h3-4,7H,5-6,8-9H2,1-2H3/t14-/m0/s1. The lowest BCUT2D eigenvalue weighted by Gasteiger charge is -2.34. The van der Waals surface area contributed by atoms with E-state index in [2.05, 4.69) is 0 Å². The normalized spacial score (nSPS) is 25.8. The lowest BCUT2D eigenvalue weighted by atomic mass is 9.99. The van der Waals surface area contributed by atoms with Gasteiger partial charge in [-0.1, -0.05) is 0 Å². The number of fused-ring (bicyclic) bond motifs is 1. The Morgan fingerprint density at radius 1 is 1.29 bits per heavy atom. The molecule has 0 unspecified atom stereocenters. The molecule has 114 valence electrons. The monoisotopic (exact) mass is 311 g/mol. The molecule has 1 amide bonds. The van der Waals surface area contributed by atoms with Crippen LogP contribution in [-0.2, 0) is 9.84 Å². The molecule has 0 N–H and O–H groups in total. The molecule has 0 bridgehead atoms. The third-order valence-electron chi connectivity index (χ3n) is 4.22. The number of nitrogens with zero attached hydrogens (tertiary/aromatic N) is 1. The Morgan fingerprint density at radius 3 is 2.67 bits per heavy atom. The maximum absolute atomic E-state index is 12.6. The molecule has 1 saturated heterocycles. The zero-order valence-corrected chi connectivity index (χ0v) is 12.8. The summed E-state index contributed by atoms with van der Waals surface area (Å²) in [4.78, 5) is 14.1. The molecule has 1 aromatic carbocycles. The number of ether oxygens (including phenoxy) is 2. The molecular weight excluding hydrogens is 294 g/mol. The van der Waals surface area contributed by atoms with Crippen molar-refractivity contribution in [1.29, 1.82) is 0 Å². The molecule has 6 nitrogen and oxygen atoms in total. The predicted molar refractivity (Wildman–Crippen MR) is 76.3 cm³/mol. The van der Waals surface area contributed by atoms with Crippen molar-refractivity contribution in [3.63, 3.8) is 0 Å². The summed E-state index contributed by atoms with van der Waals surface area (Å²) in [6, 6.07) is 4.99. The Morgan fingerprint density at radius 2 is 2.00 bits per heavy atom. The summed E-state index contributed by atoms with van der Waals surface area (Å²) >= 11 is 0. The van der Waals surface area contributed by atoms with Gasteiger partial charge >= 0.3 is 0 Å². The molecule has 1 aromatic rings.